The third-order valence-electron chi connectivity index (χ3n) is 3.67. The molecular weight excluding hydrogens is 395 g/mol. The van der Waals surface area contributed by atoms with E-state index in [1.807, 2.05) is 0 Å². The molecule has 11 heteroatoms. The Bertz CT molecular complexity index is 1030. The number of carbonyl (C=O) groups is 1. The topological polar surface area (TPSA) is 110 Å². The molecule has 152 valence electrons. The van der Waals surface area contributed by atoms with Gasteiger partial charge in [-0.05, 0) is 36.4 Å². The number of nitrogens with zero attached hydrogens (tertiary/aromatic N) is 2. The van der Waals surface area contributed by atoms with Crippen molar-refractivity contribution in [3.63, 3.8) is 0 Å². The average Bonchev–Trinajstić information content (AvgIpc) is 3.15. The van der Waals surface area contributed by atoms with Crippen LogP contribution in [0, 0.1) is 5.82 Å². The summed E-state index contributed by atoms with van der Waals surface area (Å²) in [4.78, 5) is 16.1. The number of carbonyl (C=O) groups excluding carboxylic acids is 1. The van der Waals surface area contributed by atoms with E-state index in [1.165, 1.54) is 31.4 Å². The molecule has 29 heavy (non-hydrogen) atoms. The Hall–Kier alpha value is -3.76. The molecule has 0 fully saturated rings. The van der Waals surface area contributed by atoms with Crippen LogP contribution in [0.3, 0.4) is 0 Å². The fourth-order valence-electron chi connectivity index (χ4n) is 2.36. The van der Waals surface area contributed by atoms with E-state index in [2.05, 4.69) is 14.9 Å². The van der Waals surface area contributed by atoms with Gasteiger partial charge in [0.25, 0.3) is 5.89 Å². The second-order valence-electron chi connectivity index (χ2n) is 5.56. The normalized spacial score (nSPS) is 10.8. The molecule has 0 radical (unpaired) electrons. The Morgan fingerprint density at radius 2 is 2.00 bits per heavy atom. The van der Waals surface area contributed by atoms with Crippen molar-refractivity contribution in [2.75, 3.05) is 12.8 Å². The summed E-state index contributed by atoms with van der Waals surface area (Å²) < 4.78 is 57.2. The van der Waals surface area contributed by atoms with Crippen molar-refractivity contribution in [3.8, 4) is 22.9 Å². The minimum atomic E-state index is -3.00. The number of anilines is 1. The number of nitrogens with two attached hydrogens (primary N) is 1. The van der Waals surface area contributed by atoms with Gasteiger partial charge in [0.05, 0.1) is 12.7 Å². The quantitative estimate of drug-likeness (QED) is 0.467. The lowest BCUT2D eigenvalue weighted by atomic mass is 10.2. The minimum Gasteiger partial charge on any atom is -0.493 e. The van der Waals surface area contributed by atoms with E-state index in [4.69, 9.17) is 19.7 Å². The number of aromatic nitrogens is 2. The molecule has 1 heterocycles. The van der Waals surface area contributed by atoms with Gasteiger partial charge < -0.3 is 24.5 Å². The second-order valence-corrected chi connectivity index (χ2v) is 5.56. The molecule has 0 atom stereocenters. The van der Waals surface area contributed by atoms with Crippen molar-refractivity contribution in [2.45, 2.75) is 13.2 Å². The van der Waals surface area contributed by atoms with Gasteiger partial charge in [-0.15, -0.1) is 0 Å². The lowest BCUT2D eigenvalue weighted by Crippen LogP contribution is -2.08. The van der Waals surface area contributed by atoms with Gasteiger partial charge in [0.1, 0.15) is 5.82 Å². The molecule has 2 N–H and O–H groups in total. The fraction of sp³-hybridized carbons (Fsp3) is 0.167. The third kappa shape index (κ3) is 4.75. The molecule has 0 saturated heterocycles. The molecule has 3 aromatic rings. The fourth-order valence-corrected chi connectivity index (χ4v) is 2.36. The number of ether oxygens (including phenoxy) is 3. The zero-order valence-electron chi connectivity index (χ0n) is 14.9. The van der Waals surface area contributed by atoms with Crippen molar-refractivity contribution in [1.29, 1.82) is 0 Å². The summed E-state index contributed by atoms with van der Waals surface area (Å²) in [5.41, 5.74) is 5.90. The smallest absolute Gasteiger partial charge is 0.387 e. The highest BCUT2D eigenvalue weighted by Crippen LogP contribution is 2.32. The number of benzene rings is 2. The SMILES string of the molecule is COc1cc(-c2noc(COC(=O)c3ccc(F)cc3N)n2)ccc1OC(F)F. The Morgan fingerprint density at radius 1 is 1.21 bits per heavy atom. The van der Waals surface area contributed by atoms with E-state index in [-0.39, 0.29) is 41.1 Å². The highest BCUT2D eigenvalue weighted by molar-refractivity contribution is 5.94. The van der Waals surface area contributed by atoms with Gasteiger partial charge in [-0.25, -0.2) is 9.18 Å². The molecular formula is C18H14F3N3O5. The number of methoxy groups -OCH3 is 1. The van der Waals surface area contributed by atoms with Gasteiger partial charge in [-0.1, -0.05) is 5.16 Å². The van der Waals surface area contributed by atoms with Crippen LogP contribution < -0.4 is 15.2 Å². The first-order chi connectivity index (χ1) is 13.9. The van der Waals surface area contributed by atoms with E-state index in [9.17, 15) is 18.0 Å². The van der Waals surface area contributed by atoms with Crippen molar-refractivity contribution in [2.24, 2.45) is 0 Å². The summed E-state index contributed by atoms with van der Waals surface area (Å²) >= 11 is 0. The summed E-state index contributed by atoms with van der Waals surface area (Å²) in [5, 5.41) is 3.74. The van der Waals surface area contributed by atoms with Gasteiger partial charge in [-0.2, -0.15) is 13.8 Å². The summed E-state index contributed by atoms with van der Waals surface area (Å²) in [6.45, 7) is -3.36. The molecule has 0 aliphatic rings. The largest absolute Gasteiger partial charge is 0.493 e. The van der Waals surface area contributed by atoms with Crippen molar-refractivity contribution < 1.29 is 36.7 Å². The van der Waals surface area contributed by atoms with Crippen LogP contribution in [0.5, 0.6) is 11.5 Å². The molecule has 0 unspecified atom stereocenters. The lowest BCUT2D eigenvalue weighted by molar-refractivity contribution is -0.0512. The Morgan fingerprint density at radius 3 is 2.69 bits per heavy atom. The Balaban J connectivity index is 1.70. The first-order valence-corrected chi connectivity index (χ1v) is 8.05. The van der Waals surface area contributed by atoms with Crippen LogP contribution in [-0.4, -0.2) is 29.8 Å². The van der Waals surface area contributed by atoms with Gasteiger partial charge in [0, 0.05) is 11.3 Å². The molecule has 0 amide bonds. The highest BCUT2D eigenvalue weighted by Gasteiger charge is 2.17. The summed E-state index contributed by atoms with van der Waals surface area (Å²) in [6.07, 6.45) is 0. The minimum absolute atomic E-state index is 0.00880. The van der Waals surface area contributed by atoms with Gasteiger partial charge in [0.2, 0.25) is 5.82 Å². The van der Waals surface area contributed by atoms with Crippen molar-refractivity contribution >= 4 is 11.7 Å². The lowest BCUT2D eigenvalue weighted by Gasteiger charge is -2.10. The van der Waals surface area contributed by atoms with Gasteiger partial charge in [-0.3, -0.25) is 0 Å². The summed E-state index contributed by atoms with van der Waals surface area (Å²) in [5.74, 6) is -1.40. The molecule has 8 nitrogen and oxygen atoms in total. The maximum atomic E-state index is 13.0. The first-order valence-electron chi connectivity index (χ1n) is 8.05. The van der Waals surface area contributed by atoms with Crippen molar-refractivity contribution in [3.05, 3.63) is 53.7 Å². The maximum absolute atomic E-state index is 13.0. The second kappa shape index (κ2) is 8.50. The molecule has 2 aromatic carbocycles. The Kier molecular flexibility index (Phi) is 5.86. The predicted octanol–water partition coefficient (Wildman–Crippen LogP) is 3.42. The molecule has 0 aliphatic carbocycles. The van der Waals surface area contributed by atoms with Crippen LogP contribution in [0.4, 0.5) is 18.9 Å². The molecule has 0 saturated carbocycles. The number of hydrogen-bond donors (Lipinski definition) is 1. The van der Waals surface area contributed by atoms with Gasteiger partial charge >= 0.3 is 12.6 Å². The predicted molar refractivity (Wildman–Crippen MR) is 92.8 cm³/mol. The number of halogens is 3. The van der Waals surface area contributed by atoms with Crippen LogP contribution in [-0.2, 0) is 11.3 Å². The number of alkyl halides is 2. The van der Waals surface area contributed by atoms with E-state index < -0.39 is 18.4 Å². The zero-order chi connectivity index (χ0) is 21.0. The van der Waals surface area contributed by atoms with Crippen LogP contribution in [0.25, 0.3) is 11.4 Å². The number of hydrogen-bond acceptors (Lipinski definition) is 8. The molecule has 0 aliphatic heterocycles. The van der Waals surface area contributed by atoms with E-state index in [0.29, 0.717) is 5.56 Å². The van der Waals surface area contributed by atoms with Crippen LogP contribution in [0.15, 0.2) is 40.9 Å². The van der Waals surface area contributed by atoms with Gasteiger partial charge in [0.15, 0.2) is 18.1 Å². The number of esters is 1. The van der Waals surface area contributed by atoms with Crippen LogP contribution in [0.1, 0.15) is 16.2 Å². The Labute approximate surface area is 162 Å². The molecule has 3 rings (SSSR count). The highest BCUT2D eigenvalue weighted by atomic mass is 19.3. The monoisotopic (exact) mass is 409 g/mol. The third-order valence-corrected chi connectivity index (χ3v) is 3.67. The number of nitrogen functional groups attached to an aromatic ring is 1. The molecule has 1 aromatic heterocycles. The number of rotatable bonds is 7. The summed E-state index contributed by atoms with van der Waals surface area (Å²) in [7, 11) is 1.29. The molecule has 0 bridgehead atoms. The molecule has 0 spiro atoms. The zero-order valence-corrected chi connectivity index (χ0v) is 14.9. The van der Waals surface area contributed by atoms with Crippen LogP contribution >= 0.6 is 0 Å². The maximum Gasteiger partial charge on any atom is 0.387 e. The van der Waals surface area contributed by atoms with Crippen molar-refractivity contribution in [1.82, 2.24) is 10.1 Å². The summed E-state index contributed by atoms with van der Waals surface area (Å²) in [6, 6.07) is 7.36. The van der Waals surface area contributed by atoms with E-state index in [1.54, 1.807) is 0 Å². The standard InChI is InChI=1S/C18H14F3N3O5/c1-26-14-6-9(2-5-13(14)28-18(20)21)16-23-15(29-24-16)8-27-17(25)11-4-3-10(19)7-12(11)22/h2-7,18H,8,22H2,1H3. The van der Waals surface area contributed by atoms with E-state index >= 15 is 0 Å². The van der Waals surface area contributed by atoms with E-state index in [0.717, 1.165) is 12.1 Å². The van der Waals surface area contributed by atoms with Crippen LogP contribution in [0.2, 0.25) is 0 Å². The first kappa shape index (κ1) is 20.0. The average molecular weight is 409 g/mol.